The first kappa shape index (κ1) is 27.1. The fourth-order valence-corrected chi connectivity index (χ4v) is 5.19. The highest BCUT2D eigenvalue weighted by Gasteiger charge is 2.23. The summed E-state index contributed by atoms with van der Waals surface area (Å²) in [5.41, 5.74) is 0.832. The van der Waals surface area contributed by atoms with Gasteiger partial charge in [-0.15, -0.1) is 0 Å². The number of rotatable bonds is 10. The van der Waals surface area contributed by atoms with Crippen LogP contribution < -0.4 is 23.8 Å². The Hall–Kier alpha value is -3.48. The second kappa shape index (κ2) is 11.1. The average molecular weight is 554 g/mol. The summed E-state index contributed by atoms with van der Waals surface area (Å²) in [4.78, 5) is 12.6. The first-order valence-corrected chi connectivity index (χ1v) is 14.0. The van der Waals surface area contributed by atoms with Crippen LogP contribution in [0, 0.1) is 0 Å². The first-order chi connectivity index (χ1) is 16.9. The van der Waals surface area contributed by atoms with Gasteiger partial charge in [0.1, 0.15) is 6.54 Å². The van der Waals surface area contributed by atoms with Crippen LogP contribution in [0.15, 0.2) is 71.6 Å². The summed E-state index contributed by atoms with van der Waals surface area (Å²) in [6.45, 7) is -0.521. The molecule has 0 aromatic heterocycles. The van der Waals surface area contributed by atoms with Crippen molar-refractivity contribution in [3.05, 3.63) is 71.8 Å². The quantitative estimate of drug-likeness (QED) is 0.392. The van der Waals surface area contributed by atoms with Crippen molar-refractivity contribution in [1.29, 1.82) is 0 Å². The number of nitrogens with zero attached hydrogens (tertiary/aromatic N) is 1. The minimum Gasteiger partial charge on any atom is -0.493 e. The number of methoxy groups -OCH3 is 2. The van der Waals surface area contributed by atoms with E-state index in [1.165, 1.54) is 68.8 Å². The molecule has 0 aliphatic rings. The lowest BCUT2D eigenvalue weighted by Gasteiger charge is -2.23. The number of carbonyl (C=O) groups is 1. The Labute approximate surface area is 214 Å². The van der Waals surface area contributed by atoms with Gasteiger partial charge in [0.25, 0.3) is 10.0 Å². The van der Waals surface area contributed by atoms with Gasteiger partial charge in [0, 0.05) is 22.5 Å². The number of ether oxygens (including phenoxy) is 2. The largest absolute Gasteiger partial charge is 0.493 e. The lowest BCUT2D eigenvalue weighted by molar-refractivity contribution is -0.114. The molecule has 0 spiro atoms. The number of hydrogen-bond donors (Lipinski definition) is 2. The Kier molecular flexibility index (Phi) is 8.33. The SMILES string of the molecule is COc1ccc(N(CC(=O)Nc2ccc(S(=O)(=O)Nc3ccc(Cl)cc3)cc2)S(C)(=O)=O)cc1OC. The van der Waals surface area contributed by atoms with Crippen molar-refractivity contribution < 1.29 is 31.1 Å². The number of nitrogens with one attached hydrogen (secondary N) is 2. The standard InChI is InChI=1S/C23H24ClN3O7S2/c1-33-21-13-10-19(14-22(21)34-2)27(35(3,29)30)15-23(28)25-17-8-11-20(12-9-17)36(31,32)26-18-6-4-16(24)5-7-18/h4-14,26H,15H2,1-3H3,(H,25,28). The molecule has 36 heavy (non-hydrogen) atoms. The molecule has 3 aromatic rings. The van der Waals surface area contributed by atoms with Gasteiger partial charge in [-0.05, 0) is 60.7 Å². The molecule has 0 aliphatic heterocycles. The minimum atomic E-state index is -3.87. The highest BCUT2D eigenvalue weighted by atomic mass is 35.5. The fourth-order valence-electron chi connectivity index (χ4n) is 3.16. The number of carbonyl (C=O) groups excluding carboxylic acids is 1. The summed E-state index contributed by atoms with van der Waals surface area (Å²) >= 11 is 5.82. The smallest absolute Gasteiger partial charge is 0.261 e. The molecule has 0 heterocycles. The van der Waals surface area contributed by atoms with Crippen LogP contribution in [0.2, 0.25) is 5.02 Å². The molecule has 3 rings (SSSR count). The van der Waals surface area contributed by atoms with E-state index in [-0.39, 0.29) is 16.3 Å². The predicted molar refractivity (Wildman–Crippen MR) is 139 cm³/mol. The van der Waals surface area contributed by atoms with Crippen LogP contribution >= 0.6 is 11.6 Å². The Morgan fingerprint density at radius 3 is 2.00 bits per heavy atom. The van der Waals surface area contributed by atoms with E-state index in [1.807, 2.05) is 0 Å². The molecule has 0 saturated carbocycles. The third-order valence-electron chi connectivity index (χ3n) is 4.89. The van der Waals surface area contributed by atoms with Gasteiger partial charge in [-0.25, -0.2) is 16.8 Å². The highest BCUT2D eigenvalue weighted by Crippen LogP contribution is 2.32. The molecule has 13 heteroatoms. The Morgan fingerprint density at radius 2 is 1.44 bits per heavy atom. The molecular formula is C23H24ClN3O7S2. The van der Waals surface area contributed by atoms with Crippen molar-refractivity contribution in [3.63, 3.8) is 0 Å². The molecule has 3 aromatic carbocycles. The molecule has 0 bridgehead atoms. The lowest BCUT2D eigenvalue weighted by Crippen LogP contribution is -2.37. The Balaban J connectivity index is 1.73. The average Bonchev–Trinajstić information content (AvgIpc) is 2.83. The Morgan fingerprint density at radius 1 is 0.861 bits per heavy atom. The topological polar surface area (TPSA) is 131 Å². The van der Waals surface area contributed by atoms with E-state index in [1.54, 1.807) is 12.1 Å². The zero-order valence-corrected chi connectivity index (χ0v) is 21.9. The molecule has 0 atom stereocenters. The van der Waals surface area contributed by atoms with Gasteiger partial charge in [0.05, 0.1) is 31.1 Å². The number of halogens is 1. The molecule has 1 amide bonds. The van der Waals surface area contributed by atoms with Crippen LogP contribution in [0.4, 0.5) is 17.1 Å². The maximum Gasteiger partial charge on any atom is 0.261 e. The lowest BCUT2D eigenvalue weighted by atomic mass is 10.2. The number of anilines is 3. The molecule has 0 unspecified atom stereocenters. The van der Waals surface area contributed by atoms with E-state index in [0.29, 0.717) is 22.2 Å². The third-order valence-corrected chi connectivity index (χ3v) is 7.68. The summed E-state index contributed by atoms with van der Waals surface area (Å²) in [5, 5.41) is 3.04. The van der Waals surface area contributed by atoms with Crippen molar-refractivity contribution in [2.75, 3.05) is 41.4 Å². The van der Waals surface area contributed by atoms with E-state index in [2.05, 4.69) is 10.0 Å². The Bertz CT molecular complexity index is 1440. The van der Waals surface area contributed by atoms with Crippen molar-refractivity contribution >= 4 is 54.6 Å². The summed E-state index contributed by atoms with van der Waals surface area (Å²) in [6.07, 6.45) is 0.977. The van der Waals surface area contributed by atoms with E-state index in [0.717, 1.165) is 10.6 Å². The van der Waals surface area contributed by atoms with Gasteiger partial charge in [0.2, 0.25) is 15.9 Å². The zero-order chi connectivity index (χ0) is 26.5. The molecule has 0 saturated heterocycles. The zero-order valence-electron chi connectivity index (χ0n) is 19.6. The van der Waals surface area contributed by atoms with Gasteiger partial charge in [0.15, 0.2) is 11.5 Å². The molecule has 2 N–H and O–H groups in total. The predicted octanol–water partition coefficient (Wildman–Crippen LogP) is 3.56. The van der Waals surface area contributed by atoms with E-state index < -0.39 is 32.5 Å². The van der Waals surface area contributed by atoms with E-state index in [4.69, 9.17) is 21.1 Å². The van der Waals surface area contributed by atoms with E-state index >= 15 is 0 Å². The van der Waals surface area contributed by atoms with Crippen LogP contribution in [-0.4, -0.2) is 49.8 Å². The van der Waals surface area contributed by atoms with Crippen LogP contribution in [0.1, 0.15) is 0 Å². The summed E-state index contributed by atoms with van der Waals surface area (Å²) in [5.74, 6) is 0.0675. The van der Waals surface area contributed by atoms with Crippen LogP contribution in [0.5, 0.6) is 11.5 Å². The van der Waals surface area contributed by atoms with E-state index in [9.17, 15) is 21.6 Å². The number of benzene rings is 3. The third kappa shape index (κ3) is 6.80. The van der Waals surface area contributed by atoms with Gasteiger partial charge >= 0.3 is 0 Å². The maximum absolute atomic E-state index is 12.7. The van der Waals surface area contributed by atoms with Gasteiger partial charge in [-0.2, -0.15) is 0 Å². The van der Waals surface area contributed by atoms with Gasteiger partial charge < -0.3 is 14.8 Å². The summed E-state index contributed by atoms with van der Waals surface area (Å²) in [6, 6.07) is 16.1. The van der Waals surface area contributed by atoms with Crippen LogP contribution in [0.3, 0.4) is 0 Å². The fraction of sp³-hybridized carbons (Fsp3) is 0.174. The highest BCUT2D eigenvalue weighted by molar-refractivity contribution is 7.92. The van der Waals surface area contributed by atoms with Crippen molar-refractivity contribution in [3.8, 4) is 11.5 Å². The van der Waals surface area contributed by atoms with Gasteiger partial charge in [-0.1, -0.05) is 11.6 Å². The van der Waals surface area contributed by atoms with Crippen LogP contribution in [-0.2, 0) is 24.8 Å². The second-order valence-corrected chi connectivity index (χ2v) is 11.5. The summed E-state index contributed by atoms with van der Waals surface area (Å²) in [7, 11) is -4.84. The van der Waals surface area contributed by atoms with Crippen molar-refractivity contribution in [2.24, 2.45) is 0 Å². The minimum absolute atomic E-state index is 0.0291. The summed E-state index contributed by atoms with van der Waals surface area (Å²) < 4.78 is 63.7. The molecule has 0 aliphatic carbocycles. The first-order valence-electron chi connectivity index (χ1n) is 10.3. The van der Waals surface area contributed by atoms with Crippen LogP contribution in [0.25, 0.3) is 0 Å². The van der Waals surface area contributed by atoms with Crippen molar-refractivity contribution in [1.82, 2.24) is 0 Å². The maximum atomic E-state index is 12.7. The van der Waals surface area contributed by atoms with Crippen molar-refractivity contribution in [2.45, 2.75) is 4.90 Å². The number of hydrogen-bond acceptors (Lipinski definition) is 7. The monoisotopic (exact) mass is 553 g/mol. The molecule has 192 valence electrons. The molecule has 0 radical (unpaired) electrons. The normalized spacial score (nSPS) is 11.4. The molecule has 0 fully saturated rings. The molecular weight excluding hydrogens is 530 g/mol. The molecule has 10 nitrogen and oxygen atoms in total. The second-order valence-electron chi connectivity index (χ2n) is 7.49. The number of sulfonamides is 2. The number of amides is 1. The van der Waals surface area contributed by atoms with Gasteiger partial charge in [-0.3, -0.25) is 13.8 Å².